The van der Waals surface area contributed by atoms with Crippen LogP contribution in [-0.2, 0) is 0 Å². The van der Waals surface area contributed by atoms with Crippen LogP contribution in [0.3, 0.4) is 0 Å². The van der Waals surface area contributed by atoms with Crippen LogP contribution in [0.5, 0.6) is 5.75 Å². The van der Waals surface area contributed by atoms with Gasteiger partial charge in [-0.15, -0.1) is 0 Å². The molecule has 0 radical (unpaired) electrons. The molecular formula is C18H18F2N2O2. The van der Waals surface area contributed by atoms with Crippen molar-refractivity contribution in [1.82, 2.24) is 4.90 Å². The summed E-state index contributed by atoms with van der Waals surface area (Å²) in [6, 6.07) is 10.2. The van der Waals surface area contributed by atoms with Gasteiger partial charge in [-0.3, -0.25) is 0 Å². The Kier molecular flexibility index (Phi) is 4.64. The third-order valence-corrected chi connectivity index (χ3v) is 4.16. The van der Waals surface area contributed by atoms with E-state index in [1.165, 1.54) is 6.07 Å². The molecule has 1 aliphatic heterocycles. The van der Waals surface area contributed by atoms with Crippen molar-refractivity contribution < 1.29 is 18.3 Å². The van der Waals surface area contributed by atoms with E-state index in [9.17, 15) is 13.6 Å². The molecule has 2 amide bonds. The van der Waals surface area contributed by atoms with Crippen LogP contribution in [0, 0.1) is 11.6 Å². The maximum absolute atomic E-state index is 13.7. The van der Waals surface area contributed by atoms with Crippen molar-refractivity contribution in [2.24, 2.45) is 0 Å². The Morgan fingerprint density at radius 3 is 2.83 bits per heavy atom. The summed E-state index contributed by atoms with van der Waals surface area (Å²) in [7, 11) is 1.59. The van der Waals surface area contributed by atoms with E-state index >= 15 is 0 Å². The Morgan fingerprint density at radius 1 is 1.25 bits per heavy atom. The first-order valence-electron chi connectivity index (χ1n) is 7.75. The number of rotatable bonds is 3. The van der Waals surface area contributed by atoms with Gasteiger partial charge in [0.15, 0.2) is 0 Å². The fourth-order valence-corrected chi connectivity index (χ4v) is 2.98. The van der Waals surface area contributed by atoms with Gasteiger partial charge in [-0.05, 0) is 42.7 Å². The van der Waals surface area contributed by atoms with Crippen LogP contribution in [0.15, 0.2) is 42.5 Å². The van der Waals surface area contributed by atoms with E-state index in [4.69, 9.17) is 4.74 Å². The van der Waals surface area contributed by atoms with E-state index in [1.807, 2.05) is 24.3 Å². The lowest BCUT2D eigenvalue weighted by molar-refractivity contribution is 0.207. The van der Waals surface area contributed by atoms with Gasteiger partial charge in [0.25, 0.3) is 0 Å². The molecule has 24 heavy (non-hydrogen) atoms. The lowest BCUT2D eigenvalue weighted by Crippen LogP contribution is -2.34. The molecule has 126 valence electrons. The van der Waals surface area contributed by atoms with Gasteiger partial charge >= 0.3 is 6.03 Å². The lowest BCUT2D eigenvalue weighted by Gasteiger charge is -2.25. The van der Waals surface area contributed by atoms with Crippen LogP contribution in [0.2, 0.25) is 0 Å². The Labute approximate surface area is 139 Å². The lowest BCUT2D eigenvalue weighted by atomic mass is 10.0. The van der Waals surface area contributed by atoms with E-state index in [-0.39, 0.29) is 11.7 Å². The Hall–Kier alpha value is -2.63. The Balaban J connectivity index is 1.78. The molecule has 0 saturated carbocycles. The van der Waals surface area contributed by atoms with Gasteiger partial charge in [-0.25, -0.2) is 13.6 Å². The van der Waals surface area contributed by atoms with Crippen LogP contribution >= 0.6 is 0 Å². The summed E-state index contributed by atoms with van der Waals surface area (Å²) < 4.78 is 31.9. The van der Waals surface area contributed by atoms with E-state index in [0.717, 1.165) is 36.3 Å². The van der Waals surface area contributed by atoms with Crippen LogP contribution < -0.4 is 10.1 Å². The van der Waals surface area contributed by atoms with Crippen molar-refractivity contribution in [3.8, 4) is 5.75 Å². The minimum Gasteiger partial charge on any atom is -0.497 e. The highest BCUT2D eigenvalue weighted by Crippen LogP contribution is 2.34. The molecule has 2 aromatic carbocycles. The molecule has 1 unspecified atom stereocenters. The number of benzene rings is 2. The monoisotopic (exact) mass is 332 g/mol. The molecule has 0 bridgehead atoms. The summed E-state index contributed by atoms with van der Waals surface area (Å²) in [5, 5.41) is 2.52. The molecule has 1 heterocycles. The molecule has 1 atom stereocenters. The second-order valence-corrected chi connectivity index (χ2v) is 5.68. The SMILES string of the molecule is COc1cccc(C2CCCN2C(=O)Nc2ccc(F)cc2F)c1. The van der Waals surface area contributed by atoms with Gasteiger partial charge in [-0.1, -0.05) is 12.1 Å². The first-order valence-corrected chi connectivity index (χ1v) is 7.75. The molecule has 1 saturated heterocycles. The number of anilines is 1. The molecule has 0 spiro atoms. The summed E-state index contributed by atoms with van der Waals surface area (Å²) >= 11 is 0. The highest BCUT2D eigenvalue weighted by atomic mass is 19.1. The number of likely N-dealkylation sites (tertiary alicyclic amines) is 1. The average Bonchev–Trinajstić information content (AvgIpc) is 3.07. The molecule has 6 heteroatoms. The van der Waals surface area contributed by atoms with Crippen molar-refractivity contribution >= 4 is 11.7 Å². The number of carbonyl (C=O) groups excluding carboxylic acids is 1. The van der Waals surface area contributed by atoms with Gasteiger partial charge in [0.05, 0.1) is 18.8 Å². The summed E-state index contributed by atoms with van der Waals surface area (Å²) in [5.74, 6) is -0.745. The van der Waals surface area contributed by atoms with Gasteiger partial charge in [0.1, 0.15) is 17.4 Å². The quantitative estimate of drug-likeness (QED) is 0.908. The zero-order chi connectivity index (χ0) is 17.1. The van der Waals surface area contributed by atoms with Crippen LogP contribution in [0.25, 0.3) is 0 Å². The summed E-state index contributed by atoms with van der Waals surface area (Å²) in [5.41, 5.74) is 0.944. The highest BCUT2D eigenvalue weighted by Gasteiger charge is 2.30. The van der Waals surface area contributed by atoms with E-state index in [0.29, 0.717) is 6.54 Å². The first kappa shape index (κ1) is 16.2. The van der Waals surface area contributed by atoms with Crippen LogP contribution in [-0.4, -0.2) is 24.6 Å². The zero-order valence-electron chi connectivity index (χ0n) is 13.3. The second kappa shape index (κ2) is 6.86. The first-order chi connectivity index (χ1) is 11.6. The minimum atomic E-state index is -0.791. The topological polar surface area (TPSA) is 41.6 Å². The number of hydrogen-bond donors (Lipinski definition) is 1. The van der Waals surface area contributed by atoms with Crippen molar-refractivity contribution in [3.63, 3.8) is 0 Å². The molecule has 1 fully saturated rings. The number of ether oxygens (including phenoxy) is 1. The zero-order valence-corrected chi connectivity index (χ0v) is 13.3. The van der Waals surface area contributed by atoms with Crippen molar-refractivity contribution in [1.29, 1.82) is 0 Å². The molecular weight excluding hydrogens is 314 g/mol. The van der Waals surface area contributed by atoms with Gasteiger partial charge < -0.3 is 15.0 Å². The minimum absolute atomic E-state index is 0.0299. The molecule has 1 aliphatic rings. The third-order valence-electron chi connectivity index (χ3n) is 4.16. The Bertz CT molecular complexity index is 752. The number of nitrogens with zero attached hydrogens (tertiary/aromatic N) is 1. The standard InChI is InChI=1S/C18H18F2N2O2/c1-24-14-5-2-4-12(10-14)17-6-3-9-22(17)18(23)21-16-8-7-13(19)11-15(16)20/h2,4-5,7-8,10-11,17H,3,6,9H2,1H3,(H,21,23). The van der Waals surface area contributed by atoms with Crippen molar-refractivity contribution in [2.45, 2.75) is 18.9 Å². The summed E-state index contributed by atoms with van der Waals surface area (Å²) in [6.07, 6.45) is 1.69. The van der Waals surface area contributed by atoms with Crippen LogP contribution in [0.1, 0.15) is 24.4 Å². The number of halogens is 2. The number of amides is 2. The fourth-order valence-electron chi connectivity index (χ4n) is 2.98. The Morgan fingerprint density at radius 2 is 2.08 bits per heavy atom. The molecule has 4 nitrogen and oxygen atoms in total. The fraction of sp³-hybridized carbons (Fsp3) is 0.278. The summed E-state index contributed by atoms with van der Waals surface area (Å²) in [6.45, 7) is 0.580. The highest BCUT2D eigenvalue weighted by molar-refractivity contribution is 5.90. The van der Waals surface area contributed by atoms with Crippen molar-refractivity contribution in [3.05, 3.63) is 59.7 Å². The number of methoxy groups -OCH3 is 1. The maximum Gasteiger partial charge on any atom is 0.322 e. The predicted molar refractivity (Wildman–Crippen MR) is 87.1 cm³/mol. The average molecular weight is 332 g/mol. The second-order valence-electron chi connectivity index (χ2n) is 5.68. The van der Waals surface area contributed by atoms with Gasteiger partial charge in [0.2, 0.25) is 0 Å². The number of carbonyl (C=O) groups is 1. The smallest absolute Gasteiger partial charge is 0.322 e. The molecule has 0 aliphatic carbocycles. The van der Waals surface area contributed by atoms with Crippen LogP contribution in [0.4, 0.5) is 19.3 Å². The number of hydrogen-bond acceptors (Lipinski definition) is 2. The maximum atomic E-state index is 13.7. The molecule has 1 N–H and O–H groups in total. The number of nitrogens with one attached hydrogen (secondary N) is 1. The van der Waals surface area contributed by atoms with E-state index < -0.39 is 17.7 Å². The third kappa shape index (κ3) is 3.32. The molecule has 3 rings (SSSR count). The van der Waals surface area contributed by atoms with Gasteiger partial charge in [-0.2, -0.15) is 0 Å². The van der Waals surface area contributed by atoms with Gasteiger partial charge in [0, 0.05) is 12.6 Å². The number of urea groups is 1. The van der Waals surface area contributed by atoms with E-state index in [2.05, 4.69) is 5.32 Å². The van der Waals surface area contributed by atoms with E-state index in [1.54, 1.807) is 12.0 Å². The predicted octanol–water partition coefficient (Wildman–Crippen LogP) is 4.34. The van der Waals surface area contributed by atoms with Crippen molar-refractivity contribution in [2.75, 3.05) is 19.0 Å². The normalized spacial score (nSPS) is 17.0. The molecule has 0 aromatic heterocycles. The summed E-state index contributed by atoms with van der Waals surface area (Å²) in [4.78, 5) is 14.2. The largest absolute Gasteiger partial charge is 0.497 e. The molecule has 2 aromatic rings.